The van der Waals surface area contributed by atoms with Gasteiger partial charge < -0.3 is 4.74 Å². The topological polar surface area (TPSA) is 81.2 Å². The maximum Gasteiger partial charge on any atom is 0.264 e. The molecule has 0 aliphatic heterocycles. The number of anilines is 1. The van der Waals surface area contributed by atoms with Crippen LogP contribution in [0, 0.1) is 11.6 Å². The molecule has 4 rings (SSSR count). The molecule has 30 heavy (non-hydrogen) atoms. The van der Waals surface area contributed by atoms with Crippen molar-refractivity contribution in [3.05, 3.63) is 83.6 Å². The molecule has 0 aliphatic rings. The highest BCUT2D eigenvalue weighted by molar-refractivity contribution is 7.92. The van der Waals surface area contributed by atoms with Gasteiger partial charge in [0.15, 0.2) is 0 Å². The first-order valence-corrected chi connectivity index (χ1v) is 10.3. The van der Waals surface area contributed by atoms with Crippen LogP contribution in [0.2, 0.25) is 5.02 Å². The monoisotopic (exact) mass is 447 g/mol. The molecule has 0 fully saturated rings. The van der Waals surface area contributed by atoms with Crippen LogP contribution in [-0.2, 0) is 10.0 Å². The molecule has 2 aromatic carbocycles. The van der Waals surface area contributed by atoms with E-state index in [4.69, 9.17) is 16.3 Å². The van der Waals surface area contributed by atoms with Gasteiger partial charge in [-0.05, 0) is 30.3 Å². The van der Waals surface area contributed by atoms with Gasteiger partial charge in [-0.3, -0.25) is 9.71 Å². The van der Waals surface area contributed by atoms with Crippen molar-refractivity contribution in [1.82, 2.24) is 9.97 Å². The Morgan fingerprint density at radius 3 is 2.53 bits per heavy atom. The Balaban J connectivity index is 1.56. The van der Waals surface area contributed by atoms with E-state index in [-0.39, 0.29) is 16.6 Å². The minimum absolute atomic E-state index is 0.0166. The number of hydrogen-bond donors (Lipinski definition) is 1. The van der Waals surface area contributed by atoms with Crippen molar-refractivity contribution in [2.45, 2.75) is 4.90 Å². The Morgan fingerprint density at radius 1 is 0.967 bits per heavy atom. The largest absolute Gasteiger partial charge is 0.436 e. The third-order valence-electron chi connectivity index (χ3n) is 4.02. The smallest absolute Gasteiger partial charge is 0.264 e. The molecule has 0 unspecified atom stereocenters. The fourth-order valence-electron chi connectivity index (χ4n) is 2.68. The number of sulfonamides is 1. The van der Waals surface area contributed by atoms with E-state index in [2.05, 4.69) is 14.7 Å². The molecule has 6 nitrogen and oxygen atoms in total. The molecule has 0 amide bonds. The summed E-state index contributed by atoms with van der Waals surface area (Å²) in [6.45, 7) is 0. The van der Waals surface area contributed by atoms with E-state index in [9.17, 15) is 17.2 Å². The summed E-state index contributed by atoms with van der Waals surface area (Å²) in [5.41, 5.74) is 0.773. The zero-order valence-corrected chi connectivity index (χ0v) is 16.6. The molecule has 0 aliphatic carbocycles. The number of aromatic nitrogens is 2. The standard InChI is InChI=1S/C20H12ClF2N3O3S/c21-16-9-14(26-30(27,28)19-6-5-13(22)8-17(19)23)10-25-20(16)29-15-7-12-3-1-2-4-18(12)24-11-15/h1-11,26H. The molecule has 1 N–H and O–H groups in total. The fourth-order valence-corrected chi connectivity index (χ4v) is 3.98. The number of nitrogens with one attached hydrogen (secondary N) is 1. The van der Waals surface area contributed by atoms with Gasteiger partial charge in [-0.2, -0.15) is 0 Å². The van der Waals surface area contributed by atoms with Crippen LogP contribution >= 0.6 is 11.6 Å². The minimum Gasteiger partial charge on any atom is -0.436 e. The normalized spacial score (nSPS) is 11.4. The molecule has 0 spiro atoms. The van der Waals surface area contributed by atoms with Gasteiger partial charge in [-0.15, -0.1) is 0 Å². The van der Waals surface area contributed by atoms with Crippen LogP contribution in [0.3, 0.4) is 0 Å². The number of halogens is 3. The average molecular weight is 448 g/mol. The third kappa shape index (κ3) is 4.17. The van der Waals surface area contributed by atoms with Gasteiger partial charge >= 0.3 is 0 Å². The predicted molar refractivity (Wildman–Crippen MR) is 108 cm³/mol. The summed E-state index contributed by atoms with van der Waals surface area (Å²) < 4.78 is 59.3. The first-order chi connectivity index (χ1) is 14.3. The summed E-state index contributed by atoms with van der Waals surface area (Å²) in [6.07, 6.45) is 2.67. The van der Waals surface area contributed by atoms with Gasteiger partial charge in [-0.1, -0.05) is 29.8 Å². The Bertz CT molecular complexity index is 1370. The fraction of sp³-hybridized carbons (Fsp3) is 0. The van der Waals surface area contributed by atoms with Gasteiger partial charge in [0, 0.05) is 11.5 Å². The maximum atomic E-state index is 13.8. The second-order valence-corrected chi connectivity index (χ2v) is 8.22. The summed E-state index contributed by atoms with van der Waals surface area (Å²) in [7, 11) is -4.31. The van der Waals surface area contributed by atoms with Gasteiger partial charge in [0.05, 0.1) is 23.6 Å². The SMILES string of the molecule is O=S(=O)(Nc1cnc(Oc2cnc3ccccc3c2)c(Cl)c1)c1ccc(F)cc1F. The highest BCUT2D eigenvalue weighted by atomic mass is 35.5. The second kappa shape index (κ2) is 7.85. The van der Waals surface area contributed by atoms with Crippen molar-refractivity contribution in [1.29, 1.82) is 0 Å². The van der Waals surface area contributed by atoms with Gasteiger partial charge in [0.1, 0.15) is 27.3 Å². The van der Waals surface area contributed by atoms with E-state index in [1.165, 1.54) is 12.3 Å². The number of rotatable bonds is 5. The molecule has 0 bridgehead atoms. The number of hydrogen-bond acceptors (Lipinski definition) is 5. The quantitative estimate of drug-likeness (QED) is 0.457. The van der Waals surface area contributed by atoms with Crippen LogP contribution in [0.1, 0.15) is 0 Å². The summed E-state index contributed by atoms with van der Waals surface area (Å²) in [5, 5.41) is 0.875. The first kappa shape index (κ1) is 20.0. The van der Waals surface area contributed by atoms with Crippen LogP contribution in [0.5, 0.6) is 11.6 Å². The van der Waals surface area contributed by atoms with E-state index in [1.807, 2.05) is 24.3 Å². The van der Waals surface area contributed by atoms with Gasteiger partial charge in [-0.25, -0.2) is 22.2 Å². The van der Waals surface area contributed by atoms with Crippen LogP contribution in [0.4, 0.5) is 14.5 Å². The van der Waals surface area contributed by atoms with Gasteiger partial charge in [0.25, 0.3) is 10.0 Å². The molecule has 0 saturated carbocycles. The number of benzene rings is 2. The Kier molecular flexibility index (Phi) is 5.23. The lowest BCUT2D eigenvalue weighted by molar-refractivity contribution is 0.462. The van der Waals surface area contributed by atoms with Crippen molar-refractivity contribution >= 4 is 38.2 Å². The molecule has 0 saturated heterocycles. The lowest BCUT2D eigenvalue weighted by Crippen LogP contribution is -2.15. The highest BCUT2D eigenvalue weighted by Gasteiger charge is 2.20. The Morgan fingerprint density at radius 2 is 1.77 bits per heavy atom. The molecule has 2 heterocycles. The van der Waals surface area contributed by atoms with Crippen LogP contribution in [0.25, 0.3) is 10.9 Å². The molecule has 10 heteroatoms. The highest BCUT2D eigenvalue weighted by Crippen LogP contribution is 2.31. The summed E-state index contributed by atoms with van der Waals surface area (Å²) in [5.74, 6) is -1.68. The maximum absolute atomic E-state index is 13.8. The molecule has 0 radical (unpaired) electrons. The first-order valence-electron chi connectivity index (χ1n) is 8.48. The van der Waals surface area contributed by atoms with Crippen LogP contribution < -0.4 is 9.46 Å². The Hall–Kier alpha value is -3.30. The molecule has 2 aromatic heterocycles. The zero-order chi connectivity index (χ0) is 21.3. The number of ether oxygens (including phenoxy) is 1. The minimum atomic E-state index is -4.31. The second-order valence-electron chi connectivity index (χ2n) is 6.16. The van der Waals surface area contributed by atoms with Crippen LogP contribution in [0.15, 0.2) is 71.9 Å². The molecule has 4 aromatic rings. The summed E-state index contributed by atoms with van der Waals surface area (Å²) in [6, 6.07) is 12.6. The van der Waals surface area contributed by atoms with Crippen molar-refractivity contribution in [3.8, 4) is 11.6 Å². The van der Waals surface area contributed by atoms with E-state index >= 15 is 0 Å². The van der Waals surface area contributed by atoms with Crippen molar-refractivity contribution < 1.29 is 21.9 Å². The van der Waals surface area contributed by atoms with Gasteiger partial charge in [0.2, 0.25) is 5.88 Å². The average Bonchev–Trinajstić information content (AvgIpc) is 2.69. The van der Waals surface area contributed by atoms with E-state index < -0.39 is 26.6 Å². The predicted octanol–water partition coefficient (Wildman–Crippen LogP) is 5.15. The van der Waals surface area contributed by atoms with Crippen molar-refractivity contribution in [3.63, 3.8) is 0 Å². The number of para-hydroxylation sites is 1. The molecular weight excluding hydrogens is 436 g/mol. The molecule has 0 atom stereocenters. The third-order valence-corrected chi connectivity index (χ3v) is 5.71. The lowest BCUT2D eigenvalue weighted by atomic mass is 10.2. The Labute approximate surface area is 175 Å². The number of nitrogens with zero attached hydrogens (tertiary/aromatic N) is 2. The van der Waals surface area contributed by atoms with Crippen molar-refractivity contribution in [2.75, 3.05) is 4.72 Å². The molecule has 152 valence electrons. The van der Waals surface area contributed by atoms with E-state index in [0.717, 1.165) is 29.2 Å². The summed E-state index contributed by atoms with van der Waals surface area (Å²) in [4.78, 5) is 7.57. The molecular formula is C20H12ClF2N3O3S. The number of pyridine rings is 2. The van der Waals surface area contributed by atoms with Crippen LogP contribution in [-0.4, -0.2) is 18.4 Å². The van der Waals surface area contributed by atoms with E-state index in [1.54, 1.807) is 6.07 Å². The number of fused-ring (bicyclic) bond motifs is 1. The summed E-state index contributed by atoms with van der Waals surface area (Å²) >= 11 is 6.16. The van der Waals surface area contributed by atoms with Crippen molar-refractivity contribution in [2.24, 2.45) is 0 Å². The lowest BCUT2D eigenvalue weighted by Gasteiger charge is -2.11. The zero-order valence-electron chi connectivity index (χ0n) is 15.0. The van der Waals surface area contributed by atoms with E-state index in [0.29, 0.717) is 11.8 Å².